The van der Waals surface area contributed by atoms with E-state index in [0.29, 0.717) is 38.3 Å². The zero-order chi connectivity index (χ0) is 16.1. The van der Waals surface area contributed by atoms with Crippen LogP contribution in [0.25, 0.3) is 0 Å². The number of rotatable bonds is 5. The van der Waals surface area contributed by atoms with Gasteiger partial charge in [-0.15, -0.1) is 0 Å². The summed E-state index contributed by atoms with van der Waals surface area (Å²) in [5, 5.41) is 2.86. The fourth-order valence-corrected chi connectivity index (χ4v) is 2.99. The number of amides is 1. The van der Waals surface area contributed by atoms with E-state index in [-0.39, 0.29) is 11.9 Å². The van der Waals surface area contributed by atoms with Crippen molar-refractivity contribution in [3.63, 3.8) is 0 Å². The molecule has 1 aromatic carbocycles. The summed E-state index contributed by atoms with van der Waals surface area (Å²) in [6.07, 6.45) is 0.743. The number of carbonyl (C=O) groups excluding carboxylic acids is 1. The van der Waals surface area contributed by atoms with Crippen LogP contribution in [0.15, 0.2) is 18.2 Å². The molecule has 4 nitrogen and oxygen atoms in total. The van der Waals surface area contributed by atoms with Crippen LogP contribution < -0.4 is 5.32 Å². The van der Waals surface area contributed by atoms with Gasteiger partial charge in [-0.25, -0.2) is 8.78 Å². The number of likely N-dealkylation sites (N-methyl/N-ethyl adjacent to an activating group) is 1. The SMILES string of the molecule is CCC(c1ccc(F)cc1F)N1CCN(C(=O)CNC)CC1. The Balaban J connectivity index is 2.03. The highest BCUT2D eigenvalue weighted by Gasteiger charge is 2.27. The maximum Gasteiger partial charge on any atom is 0.236 e. The van der Waals surface area contributed by atoms with Crippen molar-refractivity contribution in [1.29, 1.82) is 0 Å². The minimum absolute atomic E-state index is 0.0813. The maximum absolute atomic E-state index is 14.0. The number of nitrogens with one attached hydrogen (secondary N) is 1. The van der Waals surface area contributed by atoms with Crippen LogP contribution in [0.3, 0.4) is 0 Å². The first-order valence-corrected chi connectivity index (χ1v) is 7.68. The van der Waals surface area contributed by atoms with Gasteiger partial charge in [-0.3, -0.25) is 9.69 Å². The van der Waals surface area contributed by atoms with Crippen molar-refractivity contribution in [2.24, 2.45) is 0 Å². The summed E-state index contributed by atoms with van der Waals surface area (Å²) in [7, 11) is 1.75. The zero-order valence-electron chi connectivity index (χ0n) is 13.1. The summed E-state index contributed by atoms with van der Waals surface area (Å²) in [6, 6.07) is 3.68. The third kappa shape index (κ3) is 3.81. The Morgan fingerprint density at radius 2 is 1.95 bits per heavy atom. The molecule has 1 aliphatic heterocycles. The van der Waals surface area contributed by atoms with Gasteiger partial charge in [0.1, 0.15) is 11.6 Å². The molecule has 1 N–H and O–H groups in total. The second kappa shape index (κ2) is 7.65. The fourth-order valence-electron chi connectivity index (χ4n) is 2.99. The van der Waals surface area contributed by atoms with Crippen molar-refractivity contribution in [3.05, 3.63) is 35.4 Å². The van der Waals surface area contributed by atoms with E-state index < -0.39 is 11.6 Å². The predicted octanol–water partition coefficient (Wildman–Crippen LogP) is 1.78. The molecule has 0 aromatic heterocycles. The molecule has 1 amide bonds. The number of halogens is 2. The lowest BCUT2D eigenvalue weighted by atomic mass is 10.0. The van der Waals surface area contributed by atoms with Crippen molar-refractivity contribution in [3.8, 4) is 0 Å². The van der Waals surface area contributed by atoms with E-state index >= 15 is 0 Å². The Hall–Kier alpha value is -1.53. The monoisotopic (exact) mass is 311 g/mol. The number of benzene rings is 1. The molecule has 0 radical (unpaired) electrons. The molecule has 6 heteroatoms. The summed E-state index contributed by atoms with van der Waals surface area (Å²) in [5.41, 5.74) is 0.527. The number of carbonyl (C=O) groups is 1. The highest BCUT2D eigenvalue weighted by molar-refractivity contribution is 5.78. The maximum atomic E-state index is 14.0. The first-order valence-electron chi connectivity index (χ1n) is 7.68. The molecule has 22 heavy (non-hydrogen) atoms. The average Bonchev–Trinajstić information content (AvgIpc) is 2.51. The Kier molecular flexibility index (Phi) is 5.85. The second-order valence-electron chi connectivity index (χ2n) is 5.54. The van der Waals surface area contributed by atoms with E-state index in [9.17, 15) is 13.6 Å². The number of hydrogen-bond donors (Lipinski definition) is 1. The predicted molar refractivity (Wildman–Crippen MR) is 81.5 cm³/mol. The topological polar surface area (TPSA) is 35.6 Å². The lowest BCUT2D eigenvalue weighted by Crippen LogP contribution is -2.51. The van der Waals surface area contributed by atoms with Gasteiger partial charge < -0.3 is 10.2 Å². The van der Waals surface area contributed by atoms with Crippen LogP contribution in [0.2, 0.25) is 0 Å². The third-order valence-corrected chi connectivity index (χ3v) is 4.14. The van der Waals surface area contributed by atoms with Crippen LogP contribution in [-0.2, 0) is 4.79 Å². The lowest BCUT2D eigenvalue weighted by Gasteiger charge is -2.39. The van der Waals surface area contributed by atoms with Gasteiger partial charge in [0.2, 0.25) is 5.91 Å². The standard InChI is InChI=1S/C16H23F2N3O/c1-3-15(13-5-4-12(17)10-14(13)18)20-6-8-21(9-7-20)16(22)11-19-2/h4-5,10,15,19H,3,6-9,11H2,1-2H3. The number of nitrogens with zero attached hydrogens (tertiary/aromatic N) is 2. The van der Waals surface area contributed by atoms with Crippen LogP contribution in [0.1, 0.15) is 24.9 Å². The quantitative estimate of drug-likeness (QED) is 0.900. The fraction of sp³-hybridized carbons (Fsp3) is 0.562. The summed E-state index contributed by atoms with van der Waals surface area (Å²) in [5.74, 6) is -0.970. The van der Waals surface area contributed by atoms with Crippen LogP contribution >= 0.6 is 0 Å². The first-order chi connectivity index (χ1) is 10.6. The largest absolute Gasteiger partial charge is 0.339 e. The van der Waals surface area contributed by atoms with Crippen LogP contribution in [-0.4, -0.2) is 55.5 Å². The Labute approximate surface area is 130 Å². The molecule has 1 aromatic rings. The molecule has 2 rings (SSSR count). The third-order valence-electron chi connectivity index (χ3n) is 4.14. The molecule has 122 valence electrons. The van der Waals surface area contributed by atoms with Crippen LogP contribution in [0.4, 0.5) is 8.78 Å². The smallest absolute Gasteiger partial charge is 0.236 e. The van der Waals surface area contributed by atoms with E-state index in [1.807, 2.05) is 11.8 Å². The molecular formula is C16H23F2N3O. The van der Waals surface area contributed by atoms with Crippen LogP contribution in [0.5, 0.6) is 0 Å². The van der Waals surface area contributed by atoms with Gasteiger partial charge in [0.15, 0.2) is 0 Å². The highest BCUT2D eigenvalue weighted by Crippen LogP contribution is 2.27. The van der Waals surface area contributed by atoms with E-state index in [4.69, 9.17) is 0 Å². The Bertz CT molecular complexity index is 516. The molecule has 1 atom stereocenters. The van der Waals surface area contributed by atoms with Crippen molar-refractivity contribution >= 4 is 5.91 Å². The van der Waals surface area contributed by atoms with Gasteiger partial charge in [-0.05, 0) is 19.5 Å². The molecule has 0 aliphatic carbocycles. The van der Waals surface area contributed by atoms with Crippen molar-refractivity contribution < 1.29 is 13.6 Å². The van der Waals surface area contributed by atoms with E-state index in [1.165, 1.54) is 12.1 Å². The van der Waals surface area contributed by atoms with Gasteiger partial charge in [0.25, 0.3) is 0 Å². The molecule has 1 aliphatic rings. The van der Waals surface area contributed by atoms with E-state index in [2.05, 4.69) is 10.2 Å². The molecule has 1 heterocycles. The van der Waals surface area contributed by atoms with Gasteiger partial charge in [-0.2, -0.15) is 0 Å². The van der Waals surface area contributed by atoms with Gasteiger partial charge in [0, 0.05) is 43.9 Å². The molecule has 1 unspecified atom stereocenters. The molecule has 0 bridgehead atoms. The van der Waals surface area contributed by atoms with Crippen molar-refractivity contribution in [2.45, 2.75) is 19.4 Å². The highest BCUT2D eigenvalue weighted by atomic mass is 19.1. The second-order valence-corrected chi connectivity index (χ2v) is 5.54. The lowest BCUT2D eigenvalue weighted by molar-refractivity contribution is -0.132. The van der Waals surface area contributed by atoms with Gasteiger partial charge in [-0.1, -0.05) is 13.0 Å². The molecule has 1 saturated heterocycles. The Morgan fingerprint density at radius 3 is 2.50 bits per heavy atom. The van der Waals surface area contributed by atoms with Gasteiger partial charge >= 0.3 is 0 Å². The van der Waals surface area contributed by atoms with E-state index in [0.717, 1.165) is 12.5 Å². The summed E-state index contributed by atoms with van der Waals surface area (Å²) in [6.45, 7) is 5.00. The first kappa shape index (κ1) is 16.8. The summed E-state index contributed by atoms with van der Waals surface area (Å²) < 4.78 is 27.1. The molecule has 0 saturated carbocycles. The minimum atomic E-state index is -0.557. The molecule has 0 spiro atoms. The molecular weight excluding hydrogens is 288 g/mol. The van der Waals surface area contributed by atoms with Gasteiger partial charge in [0.05, 0.1) is 6.54 Å². The van der Waals surface area contributed by atoms with E-state index in [1.54, 1.807) is 7.05 Å². The number of hydrogen-bond acceptors (Lipinski definition) is 3. The zero-order valence-corrected chi connectivity index (χ0v) is 13.1. The van der Waals surface area contributed by atoms with Crippen molar-refractivity contribution in [1.82, 2.24) is 15.1 Å². The molecule has 1 fully saturated rings. The average molecular weight is 311 g/mol. The summed E-state index contributed by atoms with van der Waals surface area (Å²) in [4.78, 5) is 15.8. The Morgan fingerprint density at radius 1 is 1.27 bits per heavy atom. The summed E-state index contributed by atoms with van der Waals surface area (Å²) >= 11 is 0. The normalized spacial score (nSPS) is 17.5. The van der Waals surface area contributed by atoms with Crippen LogP contribution in [0, 0.1) is 11.6 Å². The minimum Gasteiger partial charge on any atom is -0.339 e. The van der Waals surface area contributed by atoms with Crippen molar-refractivity contribution in [2.75, 3.05) is 39.8 Å². The number of piperazine rings is 1.